The van der Waals surface area contributed by atoms with Gasteiger partial charge in [0.15, 0.2) is 0 Å². The van der Waals surface area contributed by atoms with Crippen molar-refractivity contribution >= 4 is 17.6 Å². The van der Waals surface area contributed by atoms with E-state index < -0.39 is 4.92 Å². The summed E-state index contributed by atoms with van der Waals surface area (Å²) >= 11 is 0. The number of nitrogens with one attached hydrogen (secondary N) is 1. The van der Waals surface area contributed by atoms with E-state index in [0.29, 0.717) is 43.9 Å². The predicted molar refractivity (Wildman–Crippen MR) is 84.4 cm³/mol. The van der Waals surface area contributed by atoms with Gasteiger partial charge < -0.3 is 15.1 Å². The average molecular weight is 320 g/mol. The Kier molecular flexibility index (Phi) is 5.15. The van der Waals surface area contributed by atoms with Gasteiger partial charge in [-0.25, -0.2) is 4.79 Å². The summed E-state index contributed by atoms with van der Waals surface area (Å²) in [6, 6.07) is 4.37. The molecule has 0 unspecified atom stereocenters. The number of hydrogen-bond donors (Lipinski definition) is 1. The number of urea groups is 1. The number of carbonyl (C=O) groups excluding carboxylic acids is 2. The van der Waals surface area contributed by atoms with Crippen LogP contribution in [0.15, 0.2) is 18.2 Å². The van der Waals surface area contributed by atoms with Crippen molar-refractivity contribution in [3.63, 3.8) is 0 Å². The van der Waals surface area contributed by atoms with E-state index in [0.717, 1.165) is 0 Å². The van der Waals surface area contributed by atoms with Crippen LogP contribution in [0, 0.1) is 17.0 Å². The van der Waals surface area contributed by atoms with Crippen LogP contribution in [0.3, 0.4) is 0 Å². The Hall–Kier alpha value is -2.64. The molecule has 0 spiro atoms. The standard InChI is InChI=1S/C15H20N4O4/c1-3-16-15(21)18-9-7-17(8-10-18)14(20)12-5-4-6-13(11(12)2)19(22)23/h4-6H,3,7-10H2,1-2H3,(H,16,21). The van der Waals surface area contributed by atoms with Crippen molar-refractivity contribution in [2.24, 2.45) is 0 Å². The molecule has 0 atom stereocenters. The summed E-state index contributed by atoms with van der Waals surface area (Å²) in [7, 11) is 0. The molecule has 2 rings (SSSR count). The van der Waals surface area contributed by atoms with E-state index in [1.165, 1.54) is 12.1 Å². The summed E-state index contributed by atoms with van der Waals surface area (Å²) in [5, 5.41) is 13.7. The monoisotopic (exact) mass is 320 g/mol. The van der Waals surface area contributed by atoms with Gasteiger partial charge in [0.05, 0.1) is 4.92 Å². The van der Waals surface area contributed by atoms with Crippen LogP contribution in [0.4, 0.5) is 10.5 Å². The highest BCUT2D eigenvalue weighted by molar-refractivity contribution is 5.96. The van der Waals surface area contributed by atoms with E-state index in [2.05, 4.69) is 5.32 Å². The molecule has 1 aliphatic rings. The number of piperazine rings is 1. The first-order valence-corrected chi connectivity index (χ1v) is 7.51. The zero-order valence-electron chi connectivity index (χ0n) is 13.2. The molecule has 1 saturated heterocycles. The minimum absolute atomic E-state index is 0.0585. The fourth-order valence-electron chi connectivity index (χ4n) is 2.60. The molecule has 1 aromatic carbocycles. The molecule has 0 bridgehead atoms. The highest BCUT2D eigenvalue weighted by Crippen LogP contribution is 2.22. The van der Waals surface area contributed by atoms with E-state index in [4.69, 9.17) is 0 Å². The molecule has 124 valence electrons. The summed E-state index contributed by atoms with van der Waals surface area (Å²) in [6.45, 7) is 5.72. The molecular formula is C15H20N4O4. The van der Waals surface area contributed by atoms with Crippen LogP contribution >= 0.6 is 0 Å². The number of amides is 3. The van der Waals surface area contributed by atoms with E-state index in [-0.39, 0.29) is 17.6 Å². The van der Waals surface area contributed by atoms with Crippen LogP contribution in [0.25, 0.3) is 0 Å². The summed E-state index contributed by atoms with van der Waals surface area (Å²) < 4.78 is 0. The van der Waals surface area contributed by atoms with Gasteiger partial charge >= 0.3 is 6.03 Å². The van der Waals surface area contributed by atoms with Gasteiger partial charge in [0.25, 0.3) is 11.6 Å². The van der Waals surface area contributed by atoms with Gasteiger partial charge in [-0.1, -0.05) is 6.07 Å². The smallest absolute Gasteiger partial charge is 0.317 e. The van der Waals surface area contributed by atoms with E-state index >= 15 is 0 Å². The van der Waals surface area contributed by atoms with Crippen molar-refractivity contribution in [3.05, 3.63) is 39.4 Å². The highest BCUT2D eigenvalue weighted by atomic mass is 16.6. The highest BCUT2D eigenvalue weighted by Gasteiger charge is 2.27. The van der Waals surface area contributed by atoms with Gasteiger partial charge in [-0.2, -0.15) is 0 Å². The maximum Gasteiger partial charge on any atom is 0.317 e. The number of rotatable bonds is 3. The SMILES string of the molecule is CCNC(=O)N1CCN(C(=O)c2cccc([N+](=O)[O-])c2C)CC1. The molecule has 8 nitrogen and oxygen atoms in total. The average Bonchev–Trinajstić information content (AvgIpc) is 2.54. The predicted octanol–water partition coefficient (Wildman–Crippen LogP) is 1.39. The summed E-state index contributed by atoms with van der Waals surface area (Å²) in [4.78, 5) is 38.1. The molecular weight excluding hydrogens is 300 g/mol. The number of nitro groups is 1. The largest absolute Gasteiger partial charge is 0.338 e. The maximum atomic E-state index is 12.6. The number of nitro benzene ring substituents is 1. The van der Waals surface area contributed by atoms with Crippen molar-refractivity contribution in [1.82, 2.24) is 15.1 Å². The number of nitrogens with zero attached hydrogens (tertiary/aromatic N) is 3. The van der Waals surface area contributed by atoms with Gasteiger partial charge in [-0.15, -0.1) is 0 Å². The third kappa shape index (κ3) is 3.58. The third-order valence-electron chi connectivity index (χ3n) is 3.91. The Bertz CT molecular complexity index is 624. The minimum atomic E-state index is -0.487. The molecule has 0 saturated carbocycles. The van der Waals surface area contributed by atoms with Crippen LogP contribution in [0.5, 0.6) is 0 Å². The molecule has 23 heavy (non-hydrogen) atoms. The second kappa shape index (κ2) is 7.08. The van der Waals surface area contributed by atoms with E-state index in [1.54, 1.807) is 22.8 Å². The Morgan fingerprint density at radius 3 is 2.39 bits per heavy atom. The molecule has 8 heteroatoms. The second-order valence-electron chi connectivity index (χ2n) is 5.32. The zero-order chi connectivity index (χ0) is 17.0. The lowest BCUT2D eigenvalue weighted by atomic mass is 10.1. The number of carbonyl (C=O) groups is 2. The molecule has 1 aliphatic heterocycles. The molecule has 0 aromatic heterocycles. The van der Waals surface area contributed by atoms with E-state index in [1.807, 2.05) is 6.92 Å². The summed E-state index contributed by atoms with van der Waals surface area (Å²) in [6.07, 6.45) is 0. The van der Waals surface area contributed by atoms with E-state index in [9.17, 15) is 19.7 Å². The topological polar surface area (TPSA) is 95.8 Å². The Balaban J connectivity index is 2.07. The van der Waals surface area contributed by atoms with Crippen molar-refractivity contribution in [1.29, 1.82) is 0 Å². The Labute approximate surface area is 134 Å². The summed E-state index contributed by atoms with van der Waals surface area (Å²) in [5.41, 5.74) is 0.649. The molecule has 1 heterocycles. The molecule has 1 fully saturated rings. The Morgan fingerprint density at radius 2 is 1.83 bits per heavy atom. The second-order valence-corrected chi connectivity index (χ2v) is 5.32. The lowest BCUT2D eigenvalue weighted by molar-refractivity contribution is -0.385. The normalized spacial score (nSPS) is 14.5. The van der Waals surface area contributed by atoms with Crippen LogP contribution < -0.4 is 5.32 Å². The molecule has 3 amide bonds. The first-order valence-electron chi connectivity index (χ1n) is 7.51. The first-order chi connectivity index (χ1) is 11.0. The van der Waals surface area contributed by atoms with Gasteiger partial charge in [0, 0.05) is 49.9 Å². The lowest BCUT2D eigenvalue weighted by Crippen LogP contribution is -2.53. The molecule has 0 aliphatic carbocycles. The Morgan fingerprint density at radius 1 is 1.22 bits per heavy atom. The molecule has 1 N–H and O–H groups in total. The maximum absolute atomic E-state index is 12.6. The van der Waals surface area contributed by atoms with Crippen LogP contribution in [-0.4, -0.2) is 59.4 Å². The van der Waals surface area contributed by atoms with Gasteiger partial charge in [-0.05, 0) is 19.9 Å². The quantitative estimate of drug-likeness (QED) is 0.672. The third-order valence-corrected chi connectivity index (χ3v) is 3.91. The molecule has 1 aromatic rings. The van der Waals surface area contributed by atoms with Crippen LogP contribution in [0.1, 0.15) is 22.8 Å². The number of benzene rings is 1. The lowest BCUT2D eigenvalue weighted by Gasteiger charge is -2.34. The van der Waals surface area contributed by atoms with Crippen LogP contribution in [-0.2, 0) is 0 Å². The van der Waals surface area contributed by atoms with Crippen LogP contribution in [0.2, 0.25) is 0 Å². The van der Waals surface area contributed by atoms with Crippen molar-refractivity contribution in [2.45, 2.75) is 13.8 Å². The fourth-order valence-corrected chi connectivity index (χ4v) is 2.60. The zero-order valence-corrected chi connectivity index (χ0v) is 13.2. The van der Waals surface area contributed by atoms with Crippen molar-refractivity contribution in [2.75, 3.05) is 32.7 Å². The summed E-state index contributed by atoms with van der Waals surface area (Å²) in [5.74, 6) is -0.234. The first kappa shape index (κ1) is 16.7. The fraction of sp³-hybridized carbons (Fsp3) is 0.467. The minimum Gasteiger partial charge on any atom is -0.338 e. The van der Waals surface area contributed by atoms with Gasteiger partial charge in [-0.3, -0.25) is 14.9 Å². The number of hydrogen-bond acceptors (Lipinski definition) is 4. The van der Waals surface area contributed by atoms with Crippen molar-refractivity contribution < 1.29 is 14.5 Å². The van der Waals surface area contributed by atoms with Crippen molar-refractivity contribution in [3.8, 4) is 0 Å². The van der Waals surface area contributed by atoms with Gasteiger partial charge in [0.1, 0.15) is 0 Å². The molecule has 0 radical (unpaired) electrons. The van der Waals surface area contributed by atoms with Gasteiger partial charge in [0.2, 0.25) is 0 Å².